The van der Waals surface area contributed by atoms with Crippen LogP contribution in [-0.2, 0) is 10.2 Å². The van der Waals surface area contributed by atoms with Gasteiger partial charge in [0.25, 0.3) is 10.2 Å². The molecule has 0 unspecified atom stereocenters. The molecular weight excluding hydrogens is 197 g/mol. The second-order valence-corrected chi connectivity index (χ2v) is 3.88. The largest absolute Gasteiger partial charge is 0.404 e. The topological polar surface area (TPSA) is 63.4 Å². The summed E-state index contributed by atoms with van der Waals surface area (Å²) in [4.78, 5) is 0. The lowest BCUT2D eigenvalue weighted by molar-refractivity contribution is -0.164. The predicted octanol–water partition coefficient (Wildman–Crippen LogP) is 0.0725. The van der Waals surface area contributed by atoms with E-state index in [-0.39, 0.29) is 4.31 Å². The Morgan fingerprint density at radius 2 is 1.75 bits per heavy atom. The molecule has 4 nitrogen and oxygen atoms in total. The fourth-order valence-electron chi connectivity index (χ4n) is 0.427. The molecule has 0 saturated carbocycles. The zero-order valence-corrected chi connectivity index (χ0v) is 7.28. The van der Waals surface area contributed by atoms with E-state index in [2.05, 4.69) is 5.14 Å². The van der Waals surface area contributed by atoms with Crippen LogP contribution >= 0.6 is 0 Å². The van der Waals surface area contributed by atoms with Crippen molar-refractivity contribution in [3.8, 4) is 0 Å². The summed E-state index contributed by atoms with van der Waals surface area (Å²) < 4.78 is 56.5. The lowest BCUT2D eigenvalue weighted by Crippen LogP contribution is -2.47. The number of nitrogens with zero attached hydrogens (tertiary/aromatic N) is 1. The van der Waals surface area contributed by atoms with Gasteiger partial charge in [-0.1, -0.05) is 0 Å². The molecular formula is C4H9F3N2O2S. The third-order valence-electron chi connectivity index (χ3n) is 1.42. The first-order valence-corrected chi connectivity index (χ1v) is 4.39. The van der Waals surface area contributed by atoms with Gasteiger partial charge in [0.1, 0.15) is 6.04 Å². The van der Waals surface area contributed by atoms with E-state index in [0.717, 1.165) is 7.05 Å². The van der Waals surface area contributed by atoms with Crippen LogP contribution < -0.4 is 5.14 Å². The Labute approximate surface area is 68.3 Å². The summed E-state index contributed by atoms with van der Waals surface area (Å²) in [5.41, 5.74) is 0. The Morgan fingerprint density at radius 1 is 1.42 bits per heavy atom. The monoisotopic (exact) mass is 206 g/mol. The molecule has 0 spiro atoms. The summed E-state index contributed by atoms with van der Waals surface area (Å²) >= 11 is 0. The van der Waals surface area contributed by atoms with Gasteiger partial charge in [-0.25, -0.2) is 5.14 Å². The minimum Gasteiger partial charge on any atom is -0.216 e. The molecule has 0 fully saturated rings. The van der Waals surface area contributed by atoms with Gasteiger partial charge in [0.05, 0.1) is 0 Å². The number of hydrogen-bond donors (Lipinski definition) is 1. The van der Waals surface area contributed by atoms with Gasteiger partial charge in [-0.15, -0.1) is 0 Å². The van der Waals surface area contributed by atoms with Crippen LogP contribution in [0.4, 0.5) is 13.2 Å². The van der Waals surface area contributed by atoms with Crippen molar-refractivity contribution in [1.29, 1.82) is 0 Å². The molecule has 0 heterocycles. The molecule has 0 rings (SSSR count). The fourth-order valence-corrected chi connectivity index (χ4v) is 0.987. The van der Waals surface area contributed by atoms with Crippen molar-refractivity contribution in [2.75, 3.05) is 7.05 Å². The molecule has 0 radical (unpaired) electrons. The number of alkyl halides is 3. The van der Waals surface area contributed by atoms with Gasteiger partial charge >= 0.3 is 6.18 Å². The average molecular weight is 206 g/mol. The maximum atomic E-state index is 11.9. The first-order valence-electron chi connectivity index (χ1n) is 2.89. The first kappa shape index (κ1) is 11.7. The van der Waals surface area contributed by atoms with E-state index in [4.69, 9.17) is 0 Å². The first-order chi connectivity index (χ1) is 5.07. The van der Waals surface area contributed by atoms with Gasteiger partial charge in [0, 0.05) is 7.05 Å². The van der Waals surface area contributed by atoms with E-state index in [1.807, 2.05) is 0 Å². The van der Waals surface area contributed by atoms with Crippen LogP contribution in [0, 0.1) is 0 Å². The van der Waals surface area contributed by atoms with E-state index in [9.17, 15) is 21.6 Å². The van der Waals surface area contributed by atoms with Crippen LogP contribution in [0.3, 0.4) is 0 Å². The van der Waals surface area contributed by atoms with Crippen molar-refractivity contribution in [3.63, 3.8) is 0 Å². The van der Waals surface area contributed by atoms with E-state index in [0.29, 0.717) is 6.92 Å². The summed E-state index contributed by atoms with van der Waals surface area (Å²) in [5.74, 6) is 0. The number of halogens is 3. The SMILES string of the molecule is C[C@H](N(C)S(N)(=O)=O)C(F)(F)F. The van der Waals surface area contributed by atoms with Crippen LogP contribution in [0.25, 0.3) is 0 Å². The molecule has 1 atom stereocenters. The zero-order chi connectivity index (χ0) is 10.2. The van der Waals surface area contributed by atoms with Crippen molar-refractivity contribution >= 4 is 10.2 Å². The predicted molar refractivity (Wildman–Crippen MR) is 36.4 cm³/mol. The van der Waals surface area contributed by atoms with Crippen molar-refractivity contribution in [1.82, 2.24) is 4.31 Å². The van der Waals surface area contributed by atoms with E-state index >= 15 is 0 Å². The smallest absolute Gasteiger partial charge is 0.216 e. The molecule has 74 valence electrons. The molecule has 0 aromatic rings. The van der Waals surface area contributed by atoms with Gasteiger partial charge in [0.2, 0.25) is 0 Å². The molecule has 12 heavy (non-hydrogen) atoms. The molecule has 0 aliphatic heterocycles. The maximum absolute atomic E-state index is 11.9. The molecule has 0 aliphatic rings. The van der Waals surface area contributed by atoms with Crippen LogP contribution in [0.1, 0.15) is 6.92 Å². The minimum atomic E-state index is -4.60. The zero-order valence-electron chi connectivity index (χ0n) is 6.46. The summed E-state index contributed by atoms with van der Waals surface area (Å²) in [6.07, 6.45) is -4.60. The maximum Gasteiger partial charge on any atom is 0.404 e. The standard InChI is InChI=1S/C4H9F3N2O2S/c1-3(4(5,6)7)9(2)12(8,10)11/h3H,1-2H3,(H2,8,10,11)/t3-/m0/s1. The molecule has 2 N–H and O–H groups in total. The Bertz CT molecular complexity index is 248. The molecule has 8 heteroatoms. The Kier molecular flexibility index (Phi) is 3.10. The molecule has 0 amide bonds. The van der Waals surface area contributed by atoms with Crippen molar-refractivity contribution in [2.24, 2.45) is 5.14 Å². The van der Waals surface area contributed by atoms with Gasteiger partial charge in [-0.05, 0) is 6.92 Å². The third kappa shape index (κ3) is 2.95. The number of rotatable bonds is 2. The van der Waals surface area contributed by atoms with Crippen LogP contribution in [0.5, 0.6) is 0 Å². The van der Waals surface area contributed by atoms with Crippen molar-refractivity contribution in [3.05, 3.63) is 0 Å². The Morgan fingerprint density at radius 3 is 1.83 bits per heavy atom. The van der Waals surface area contributed by atoms with E-state index < -0.39 is 22.4 Å². The highest BCUT2D eigenvalue weighted by molar-refractivity contribution is 7.86. The molecule has 0 aromatic carbocycles. The van der Waals surface area contributed by atoms with Gasteiger partial charge in [-0.2, -0.15) is 25.9 Å². The molecule has 0 aromatic heterocycles. The van der Waals surface area contributed by atoms with Crippen LogP contribution in [0.2, 0.25) is 0 Å². The molecule has 0 aliphatic carbocycles. The summed E-state index contributed by atoms with van der Waals surface area (Å²) in [7, 11) is -3.50. The van der Waals surface area contributed by atoms with Crippen molar-refractivity contribution in [2.45, 2.75) is 19.1 Å². The normalized spacial score (nSPS) is 16.6. The van der Waals surface area contributed by atoms with E-state index in [1.54, 1.807) is 0 Å². The van der Waals surface area contributed by atoms with Gasteiger partial charge in [0.15, 0.2) is 0 Å². The van der Waals surface area contributed by atoms with Crippen LogP contribution in [-0.4, -0.2) is 32.0 Å². The highest BCUT2D eigenvalue weighted by Gasteiger charge is 2.41. The lowest BCUT2D eigenvalue weighted by atomic mass is 10.3. The Hall–Kier alpha value is -0.340. The number of nitrogens with two attached hydrogens (primary N) is 1. The average Bonchev–Trinajstić information content (AvgIpc) is 1.80. The van der Waals surface area contributed by atoms with Gasteiger partial charge in [-0.3, -0.25) is 0 Å². The third-order valence-corrected chi connectivity index (χ3v) is 2.54. The van der Waals surface area contributed by atoms with E-state index in [1.165, 1.54) is 0 Å². The molecule has 0 saturated heterocycles. The fraction of sp³-hybridized carbons (Fsp3) is 1.00. The second kappa shape index (κ2) is 3.19. The summed E-state index contributed by atoms with van der Waals surface area (Å²) in [6.45, 7) is 0.713. The minimum absolute atomic E-state index is 0.0625. The summed E-state index contributed by atoms with van der Waals surface area (Å²) in [5, 5.41) is 4.47. The highest BCUT2D eigenvalue weighted by atomic mass is 32.2. The van der Waals surface area contributed by atoms with Gasteiger partial charge < -0.3 is 0 Å². The van der Waals surface area contributed by atoms with Crippen LogP contribution in [0.15, 0.2) is 0 Å². The molecule has 0 bridgehead atoms. The quantitative estimate of drug-likeness (QED) is 0.695. The Balaban J connectivity index is 4.64. The second-order valence-electron chi connectivity index (χ2n) is 2.28. The highest BCUT2D eigenvalue weighted by Crippen LogP contribution is 2.24. The lowest BCUT2D eigenvalue weighted by Gasteiger charge is -2.23. The number of hydrogen-bond acceptors (Lipinski definition) is 2. The summed E-state index contributed by atoms with van der Waals surface area (Å²) in [6, 6.07) is -2.10. The van der Waals surface area contributed by atoms with Crippen molar-refractivity contribution < 1.29 is 21.6 Å².